The number of benzene rings is 1. The van der Waals surface area contributed by atoms with Gasteiger partial charge in [0.25, 0.3) is 6.43 Å². The molecule has 22 heavy (non-hydrogen) atoms. The molecule has 0 aromatic heterocycles. The van der Waals surface area contributed by atoms with Crippen LogP contribution in [0.5, 0.6) is 5.75 Å². The van der Waals surface area contributed by atoms with Crippen molar-refractivity contribution in [2.24, 2.45) is 4.99 Å². The predicted molar refractivity (Wildman–Crippen MR) is 96.4 cm³/mol. The van der Waals surface area contributed by atoms with Gasteiger partial charge in [-0.25, -0.2) is 8.78 Å². The molecule has 0 fully saturated rings. The summed E-state index contributed by atoms with van der Waals surface area (Å²) < 4.78 is 29.2. The molecule has 0 aliphatic carbocycles. The molecule has 1 aromatic carbocycles. The first-order valence-electron chi connectivity index (χ1n) is 6.79. The highest BCUT2D eigenvalue weighted by Crippen LogP contribution is 2.14. The van der Waals surface area contributed by atoms with E-state index < -0.39 is 13.0 Å². The van der Waals surface area contributed by atoms with Crippen LogP contribution in [0.1, 0.15) is 26.3 Å². The number of guanidine groups is 1. The number of rotatable bonds is 5. The van der Waals surface area contributed by atoms with Gasteiger partial charge in [0.15, 0.2) is 5.96 Å². The Balaban J connectivity index is 0.00000441. The van der Waals surface area contributed by atoms with Crippen molar-refractivity contribution in [2.45, 2.75) is 39.3 Å². The topological polar surface area (TPSA) is 45.7 Å². The van der Waals surface area contributed by atoms with E-state index in [0.29, 0.717) is 18.3 Å². The minimum Gasteiger partial charge on any atom is -0.488 e. The van der Waals surface area contributed by atoms with Gasteiger partial charge in [0.1, 0.15) is 12.4 Å². The number of nitrogens with zero attached hydrogens (tertiary/aromatic N) is 1. The molecular weight excluding hydrogens is 403 g/mol. The average molecular weight is 427 g/mol. The second-order valence-electron chi connectivity index (χ2n) is 5.65. The van der Waals surface area contributed by atoms with Crippen LogP contribution >= 0.6 is 24.0 Å². The first-order valence-corrected chi connectivity index (χ1v) is 6.79. The standard InChI is InChI=1S/C15H23F2N3O.HI/c1-15(2,3)20-14(18-4)19-9-11-6-5-7-12(8-11)21-10-13(16)17;/h5-8,13H,9-10H2,1-4H3,(H2,18,19,20);1H. The lowest BCUT2D eigenvalue weighted by atomic mass is 10.1. The van der Waals surface area contributed by atoms with Crippen molar-refractivity contribution in [3.05, 3.63) is 29.8 Å². The van der Waals surface area contributed by atoms with Crippen LogP contribution in [0.25, 0.3) is 0 Å². The monoisotopic (exact) mass is 427 g/mol. The smallest absolute Gasteiger partial charge is 0.272 e. The summed E-state index contributed by atoms with van der Waals surface area (Å²) in [4.78, 5) is 4.13. The Morgan fingerprint density at radius 1 is 1.32 bits per heavy atom. The van der Waals surface area contributed by atoms with Gasteiger partial charge in [-0.3, -0.25) is 4.99 Å². The van der Waals surface area contributed by atoms with Gasteiger partial charge in [0.2, 0.25) is 0 Å². The van der Waals surface area contributed by atoms with Crippen LogP contribution in [0.15, 0.2) is 29.3 Å². The van der Waals surface area contributed by atoms with E-state index in [9.17, 15) is 8.78 Å². The van der Waals surface area contributed by atoms with Crippen molar-refractivity contribution >= 4 is 29.9 Å². The minimum atomic E-state index is -2.47. The van der Waals surface area contributed by atoms with Crippen LogP contribution in [-0.2, 0) is 6.54 Å². The van der Waals surface area contributed by atoms with E-state index >= 15 is 0 Å². The molecule has 0 radical (unpaired) electrons. The third-order valence-corrected chi connectivity index (χ3v) is 2.45. The van der Waals surface area contributed by atoms with Crippen LogP contribution in [0.4, 0.5) is 8.78 Å². The number of halogens is 3. The molecule has 0 saturated heterocycles. The van der Waals surface area contributed by atoms with E-state index in [0.717, 1.165) is 5.56 Å². The maximum atomic E-state index is 12.1. The van der Waals surface area contributed by atoms with Crippen molar-refractivity contribution in [2.75, 3.05) is 13.7 Å². The van der Waals surface area contributed by atoms with Crippen LogP contribution < -0.4 is 15.4 Å². The lowest BCUT2D eigenvalue weighted by Crippen LogP contribution is -2.47. The Kier molecular flexibility index (Phi) is 9.31. The predicted octanol–water partition coefficient (Wildman–Crippen LogP) is 3.41. The lowest BCUT2D eigenvalue weighted by Gasteiger charge is -2.23. The van der Waals surface area contributed by atoms with Gasteiger partial charge in [-0.2, -0.15) is 0 Å². The third kappa shape index (κ3) is 9.01. The third-order valence-electron chi connectivity index (χ3n) is 2.45. The van der Waals surface area contributed by atoms with Gasteiger partial charge in [-0.05, 0) is 38.5 Å². The Hall–Kier alpha value is -1.12. The molecule has 0 bridgehead atoms. The summed E-state index contributed by atoms with van der Waals surface area (Å²) in [5.41, 5.74) is 0.836. The van der Waals surface area contributed by atoms with Gasteiger partial charge in [0, 0.05) is 19.1 Å². The van der Waals surface area contributed by atoms with Crippen molar-refractivity contribution in [3.63, 3.8) is 0 Å². The van der Waals surface area contributed by atoms with E-state index in [1.807, 2.05) is 26.8 Å². The highest BCUT2D eigenvalue weighted by Gasteiger charge is 2.11. The molecule has 0 unspecified atom stereocenters. The first-order chi connectivity index (χ1) is 9.80. The minimum absolute atomic E-state index is 0. The van der Waals surface area contributed by atoms with Crippen LogP contribution in [0.3, 0.4) is 0 Å². The number of alkyl halides is 2. The van der Waals surface area contributed by atoms with Gasteiger partial charge in [-0.15, -0.1) is 24.0 Å². The van der Waals surface area contributed by atoms with E-state index in [2.05, 4.69) is 15.6 Å². The molecule has 0 aliphatic rings. The number of hydrogen-bond acceptors (Lipinski definition) is 2. The van der Waals surface area contributed by atoms with Crippen molar-refractivity contribution in [3.8, 4) is 5.75 Å². The molecule has 1 rings (SSSR count). The Bertz CT molecular complexity index is 476. The first kappa shape index (κ1) is 20.9. The van der Waals surface area contributed by atoms with Gasteiger partial charge < -0.3 is 15.4 Å². The van der Waals surface area contributed by atoms with Gasteiger partial charge in [0.05, 0.1) is 0 Å². The molecule has 1 aromatic rings. The van der Waals surface area contributed by atoms with Crippen molar-refractivity contribution < 1.29 is 13.5 Å². The Morgan fingerprint density at radius 3 is 2.55 bits per heavy atom. The summed E-state index contributed by atoms with van der Waals surface area (Å²) in [6, 6.07) is 7.07. The highest BCUT2D eigenvalue weighted by atomic mass is 127. The fourth-order valence-corrected chi connectivity index (χ4v) is 1.62. The van der Waals surface area contributed by atoms with Crippen LogP contribution in [-0.4, -0.2) is 31.6 Å². The largest absolute Gasteiger partial charge is 0.488 e. The van der Waals surface area contributed by atoms with E-state index in [1.165, 1.54) is 0 Å². The summed E-state index contributed by atoms with van der Waals surface area (Å²) in [5.74, 6) is 1.12. The molecular formula is C15H24F2IN3O. The summed E-state index contributed by atoms with van der Waals surface area (Å²) in [6.07, 6.45) is -2.47. The molecule has 0 spiro atoms. The zero-order chi connectivity index (χ0) is 15.9. The van der Waals surface area contributed by atoms with Crippen molar-refractivity contribution in [1.82, 2.24) is 10.6 Å². The zero-order valence-corrected chi connectivity index (χ0v) is 15.7. The summed E-state index contributed by atoms with van der Waals surface area (Å²) in [5, 5.41) is 6.41. The molecule has 7 heteroatoms. The van der Waals surface area contributed by atoms with E-state index in [4.69, 9.17) is 4.74 Å². The normalized spacial score (nSPS) is 11.9. The lowest BCUT2D eigenvalue weighted by molar-refractivity contribution is 0.0818. The molecule has 126 valence electrons. The van der Waals surface area contributed by atoms with E-state index in [1.54, 1.807) is 25.2 Å². The zero-order valence-electron chi connectivity index (χ0n) is 13.3. The molecule has 4 nitrogen and oxygen atoms in total. The molecule has 0 aliphatic heterocycles. The fraction of sp³-hybridized carbons (Fsp3) is 0.533. The molecule has 2 N–H and O–H groups in total. The maximum absolute atomic E-state index is 12.1. The Labute approximate surface area is 147 Å². The second-order valence-corrected chi connectivity index (χ2v) is 5.65. The van der Waals surface area contributed by atoms with Crippen LogP contribution in [0.2, 0.25) is 0 Å². The summed E-state index contributed by atoms with van der Waals surface area (Å²) >= 11 is 0. The number of ether oxygens (including phenoxy) is 1. The van der Waals surface area contributed by atoms with E-state index in [-0.39, 0.29) is 29.5 Å². The SMILES string of the molecule is CN=C(NCc1cccc(OCC(F)F)c1)NC(C)(C)C.I. The van der Waals surface area contributed by atoms with Gasteiger partial charge >= 0.3 is 0 Å². The van der Waals surface area contributed by atoms with Crippen LogP contribution in [0, 0.1) is 0 Å². The Morgan fingerprint density at radius 2 is 2.00 bits per heavy atom. The summed E-state index contributed by atoms with van der Waals surface area (Å²) in [7, 11) is 1.70. The fourth-order valence-electron chi connectivity index (χ4n) is 1.62. The number of nitrogens with one attached hydrogen (secondary N) is 2. The average Bonchev–Trinajstić information content (AvgIpc) is 2.40. The highest BCUT2D eigenvalue weighted by molar-refractivity contribution is 14.0. The number of aliphatic imine (C=N–C) groups is 1. The maximum Gasteiger partial charge on any atom is 0.272 e. The number of hydrogen-bond donors (Lipinski definition) is 2. The van der Waals surface area contributed by atoms with Gasteiger partial charge in [-0.1, -0.05) is 12.1 Å². The van der Waals surface area contributed by atoms with Crippen molar-refractivity contribution in [1.29, 1.82) is 0 Å². The quantitative estimate of drug-likeness (QED) is 0.430. The molecule has 0 atom stereocenters. The summed E-state index contributed by atoms with van der Waals surface area (Å²) in [6.45, 7) is 6.06. The second kappa shape index (κ2) is 9.81. The molecule has 0 heterocycles. The molecule has 0 amide bonds. The molecule has 0 saturated carbocycles.